The van der Waals surface area contributed by atoms with Gasteiger partial charge in [-0.25, -0.2) is 9.79 Å². The van der Waals surface area contributed by atoms with Gasteiger partial charge in [-0.1, -0.05) is 23.9 Å². The molecular weight excluding hydrogens is 484 g/mol. The van der Waals surface area contributed by atoms with E-state index in [0.717, 1.165) is 32.2 Å². The molecular formula is C25H28N4O6S. The molecule has 0 aliphatic carbocycles. The van der Waals surface area contributed by atoms with Crippen LogP contribution in [0.5, 0.6) is 17.4 Å². The number of carbonyl (C=O) groups is 1. The van der Waals surface area contributed by atoms with Crippen LogP contribution in [0.4, 0.5) is 5.69 Å². The Balaban J connectivity index is 1.86. The summed E-state index contributed by atoms with van der Waals surface area (Å²) < 4.78 is 12.4. The van der Waals surface area contributed by atoms with Crippen molar-refractivity contribution in [1.82, 2.24) is 14.5 Å². The van der Waals surface area contributed by atoms with Crippen LogP contribution in [-0.2, 0) is 25.4 Å². The van der Waals surface area contributed by atoms with Crippen molar-refractivity contribution in [1.29, 1.82) is 0 Å². The Morgan fingerprint density at radius 3 is 2.28 bits per heavy atom. The molecule has 0 bridgehead atoms. The molecule has 0 unspecified atom stereocenters. The van der Waals surface area contributed by atoms with Crippen molar-refractivity contribution in [3.63, 3.8) is 0 Å². The Morgan fingerprint density at radius 2 is 1.67 bits per heavy atom. The summed E-state index contributed by atoms with van der Waals surface area (Å²) in [5.74, 6) is 0.478. The van der Waals surface area contributed by atoms with Crippen LogP contribution in [0.1, 0.15) is 18.1 Å². The largest absolute Gasteiger partial charge is 0.497 e. The molecule has 36 heavy (non-hydrogen) atoms. The molecule has 0 fully saturated rings. The average molecular weight is 513 g/mol. The molecule has 0 atom stereocenters. The minimum Gasteiger partial charge on any atom is -0.497 e. The van der Waals surface area contributed by atoms with Gasteiger partial charge in [-0.05, 0) is 48.9 Å². The molecule has 3 aromatic rings. The standard InChI is InChI=1S/C25H28N4O6S/c1-5-35-19-12-8-17(9-13-19)27-22(21-23(31)28(2)25(33)29(3)24(21)32)36-15-20(30)26-14-16-6-10-18(34-4)11-7-16/h6-13,31H,5,14-15H2,1-4H3,(H,26,30). The number of aromatic nitrogens is 2. The van der Waals surface area contributed by atoms with Gasteiger partial charge in [0.1, 0.15) is 22.1 Å². The second-order valence-corrected chi connectivity index (χ2v) is 8.63. The number of thioether (sulfide) groups is 1. The molecule has 2 aromatic carbocycles. The summed E-state index contributed by atoms with van der Waals surface area (Å²) in [4.78, 5) is 42.2. The number of hydrogen-bond acceptors (Lipinski definition) is 8. The lowest BCUT2D eigenvalue weighted by Crippen LogP contribution is -2.39. The summed E-state index contributed by atoms with van der Waals surface area (Å²) >= 11 is 0.983. The Labute approximate surface area is 212 Å². The highest BCUT2D eigenvalue weighted by molar-refractivity contribution is 8.15. The molecule has 0 radical (unpaired) electrons. The van der Waals surface area contributed by atoms with Gasteiger partial charge in [0.15, 0.2) is 0 Å². The molecule has 3 rings (SSSR count). The lowest BCUT2D eigenvalue weighted by atomic mass is 10.2. The fourth-order valence-corrected chi connectivity index (χ4v) is 4.07. The molecule has 190 valence electrons. The molecule has 1 heterocycles. The van der Waals surface area contributed by atoms with E-state index in [-0.39, 0.29) is 22.3 Å². The maximum atomic E-state index is 12.9. The molecule has 1 amide bonds. The first-order valence-electron chi connectivity index (χ1n) is 11.1. The number of ether oxygens (including phenoxy) is 2. The minimum atomic E-state index is -0.716. The molecule has 0 spiro atoms. The topological polar surface area (TPSA) is 124 Å². The van der Waals surface area contributed by atoms with Crippen molar-refractivity contribution >= 4 is 28.4 Å². The zero-order valence-electron chi connectivity index (χ0n) is 20.5. The molecule has 10 nitrogen and oxygen atoms in total. The normalized spacial score (nSPS) is 11.3. The van der Waals surface area contributed by atoms with E-state index >= 15 is 0 Å². The van der Waals surface area contributed by atoms with Gasteiger partial charge < -0.3 is 19.9 Å². The average Bonchev–Trinajstić information content (AvgIpc) is 2.89. The summed E-state index contributed by atoms with van der Waals surface area (Å²) in [6.07, 6.45) is 0. The molecule has 0 saturated heterocycles. The fourth-order valence-electron chi connectivity index (χ4n) is 3.21. The summed E-state index contributed by atoms with van der Waals surface area (Å²) in [7, 11) is 4.24. The van der Waals surface area contributed by atoms with Crippen molar-refractivity contribution < 1.29 is 19.4 Å². The van der Waals surface area contributed by atoms with Gasteiger partial charge in [-0.2, -0.15) is 0 Å². The number of aromatic hydroxyl groups is 1. The van der Waals surface area contributed by atoms with E-state index in [4.69, 9.17) is 9.47 Å². The van der Waals surface area contributed by atoms with E-state index < -0.39 is 17.1 Å². The molecule has 0 aliphatic heterocycles. The van der Waals surface area contributed by atoms with Crippen LogP contribution in [0.15, 0.2) is 63.1 Å². The summed E-state index contributed by atoms with van der Waals surface area (Å²) in [6.45, 7) is 2.69. The van der Waals surface area contributed by atoms with Crippen molar-refractivity contribution in [2.45, 2.75) is 13.5 Å². The maximum absolute atomic E-state index is 12.9. The van der Waals surface area contributed by atoms with E-state index in [1.165, 1.54) is 14.1 Å². The lowest BCUT2D eigenvalue weighted by Gasteiger charge is -2.13. The van der Waals surface area contributed by atoms with Crippen LogP contribution in [0, 0.1) is 0 Å². The molecule has 11 heteroatoms. The number of amides is 1. The lowest BCUT2D eigenvalue weighted by molar-refractivity contribution is -0.118. The number of benzene rings is 2. The van der Waals surface area contributed by atoms with E-state index in [1.54, 1.807) is 43.5 Å². The Bertz CT molecular complexity index is 1360. The number of nitrogens with zero attached hydrogens (tertiary/aromatic N) is 3. The van der Waals surface area contributed by atoms with E-state index in [1.807, 2.05) is 19.1 Å². The zero-order chi connectivity index (χ0) is 26.2. The first kappa shape index (κ1) is 26.6. The first-order chi connectivity index (χ1) is 17.2. The second-order valence-electron chi connectivity index (χ2n) is 7.66. The van der Waals surface area contributed by atoms with Crippen molar-refractivity contribution in [2.75, 3.05) is 19.5 Å². The number of hydrogen-bond donors (Lipinski definition) is 2. The Morgan fingerprint density at radius 1 is 1.03 bits per heavy atom. The highest BCUT2D eigenvalue weighted by Gasteiger charge is 2.22. The first-order valence-corrected chi connectivity index (χ1v) is 12.1. The predicted octanol–water partition coefficient (Wildman–Crippen LogP) is 2.32. The zero-order valence-corrected chi connectivity index (χ0v) is 21.3. The smallest absolute Gasteiger partial charge is 0.333 e. The van der Waals surface area contributed by atoms with Crippen LogP contribution in [0.2, 0.25) is 0 Å². The fraction of sp³-hybridized carbons (Fsp3) is 0.280. The van der Waals surface area contributed by atoms with Crippen LogP contribution < -0.4 is 26.0 Å². The quantitative estimate of drug-likeness (QED) is 0.333. The van der Waals surface area contributed by atoms with Gasteiger partial charge >= 0.3 is 5.69 Å². The summed E-state index contributed by atoms with van der Waals surface area (Å²) in [6, 6.07) is 14.1. The molecule has 0 aliphatic rings. The van der Waals surface area contributed by atoms with E-state index in [2.05, 4.69) is 10.3 Å². The highest BCUT2D eigenvalue weighted by Crippen LogP contribution is 2.24. The van der Waals surface area contributed by atoms with Crippen molar-refractivity contribution in [3.8, 4) is 17.4 Å². The van der Waals surface area contributed by atoms with E-state index in [0.29, 0.717) is 24.6 Å². The SMILES string of the molecule is CCOc1ccc(N=C(SCC(=O)NCc2ccc(OC)cc2)c2c(O)n(C)c(=O)n(C)c2=O)cc1. The van der Waals surface area contributed by atoms with Crippen LogP contribution in [0.3, 0.4) is 0 Å². The van der Waals surface area contributed by atoms with Gasteiger partial charge in [0.2, 0.25) is 11.8 Å². The van der Waals surface area contributed by atoms with Crippen LogP contribution in [0.25, 0.3) is 0 Å². The van der Waals surface area contributed by atoms with Gasteiger partial charge in [0.05, 0.1) is 25.2 Å². The Hall–Kier alpha value is -3.99. The van der Waals surface area contributed by atoms with Crippen LogP contribution >= 0.6 is 11.8 Å². The number of methoxy groups -OCH3 is 1. The number of aliphatic imine (C=N–C) groups is 1. The van der Waals surface area contributed by atoms with Gasteiger partial charge in [-0.15, -0.1) is 0 Å². The molecule has 0 saturated carbocycles. The van der Waals surface area contributed by atoms with E-state index in [9.17, 15) is 19.5 Å². The van der Waals surface area contributed by atoms with Gasteiger partial charge in [0, 0.05) is 20.6 Å². The van der Waals surface area contributed by atoms with Crippen molar-refractivity contribution in [3.05, 3.63) is 80.5 Å². The summed E-state index contributed by atoms with van der Waals surface area (Å²) in [5.41, 5.74) is -0.186. The third kappa shape index (κ3) is 6.36. The number of rotatable bonds is 9. The number of carbonyl (C=O) groups excluding carboxylic acids is 1. The highest BCUT2D eigenvalue weighted by atomic mass is 32.2. The molecule has 1 aromatic heterocycles. The minimum absolute atomic E-state index is 0.0720. The summed E-state index contributed by atoms with van der Waals surface area (Å²) in [5, 5.41) is 13.6. The third-order valence-corrected chi connectivity index (χ3v) is 6.19. The van der Waals surface area contributed by atoms with Gasteiger partial charge in [-0.3, -0.25) is 18.7 Å². The maximum Gasteiger partial charge on any atom is 0.333 e. The predicted molar refractivity (Wildman–Crippen MR) is 140 cm³/mol. The van der Waals surface area contributed by atoms with Crippen molar-refractivity contribution in [2.24, 2.45) is 19.1 Å². The molecule has 2 N–H and O–H groups in total. The number of nitrogens with one attached hydrogen (secondary N) is 1. The second kappa shape index (κ2) is 12.1. The van der Waals surface area contributed by atoms with Crippen LogP contribution in [-0.4, -0.2) is 44.7 Å². The van der Waals surface area contributed by atoms with Gasteiger partial charge in [0.25, 0.3) is 5.56 Å². The third-order valence-electron chi connectivity index (χ3n) is 5.21. The Kier molecular flexibility index (Phi) is 8.96. The monoisotopic (exact) mass is 512 g/mol.